The van der Waals surface area contributed by atoms with E-state index in [2.05, 4.69) is 10.4 Å². The van der Waals surface area contributed by atoms with Gasteiger partial charge in [-0.05, 0) is 18.2 Å². The van der Waals surface area contributed by atoms with Crippen LogP contribution in [-0.4, -0.2) is 15.7 Å². The molecular weight excluding hydrogens is 228 g/mol. The number of nitrogens with one attached hydrogen (secondary N) is 1. The Kier molecular flexibility index (Phi) is 3.13. The molecular formula is C11H9F2N3O. The van der Waals surface area contributed by atoms with Crippen LogP contribution in [0.15, 0.2) is 36.7 Å². The summed E-state index contributed by atoms with van der Waals surface area (Å²) in [7, 11) is 0. The first-order valence-electron chi connectivity index (χ1n) is 4.87. The minimum atomic E-state index is -0.807. The number of anilines is 1. The number of hydrogen-bond acceptors (Lipinski definition) is 2. The molecule has 6 heteroatoms. The number of benzene rings is 1. The molecule has 1 aromatic heterocycles. The molecule has 2 rings (SSSR count). The molecule has 0 bridgehead atoms. The van der Waals surface area contributed by atoms with E-state index >= 15 is 0 Å². The van der Waals surface area contributed by atoms with Gasteiger partial charge in [-0.3, -0.25) is 9.48 Å². The topological polar surface area (TPSA) is 46.9 Å². The molecule has 1 aromatic carbocycles. The van der Waals surface area contributed by atoms with Gasteiger partial charge < -0.3 is 5.32 Å². The van der Waals surface area contributed by atoms with Gasteiger partial charge in [0.2, 0.25) is 5.91 Å². The van der Waals surface area contributed by atoms with Crippen LogP contribution in [0.2, 0.25) is 0 Å². The van der Waals surface area contributed by atoms with Crippen molar-refractivity contribution in [3.8, 4) is 0 Å². The van der Waals surface area contributed by atoms with Gasteiger partial charge in [0, 0.05) is 18.5 Å². The zero-order valence-electron chi connectivity index (χ0n) is 8.73. The van der Waals surface area contributed by atoms with Crippen molar-refractivity contribution in [2.75, 3.05) is 5.32 Å². The Morgan fingerprint density at radius 1 is 1.41 bits per heavy atom. The van der Waals surface area contributed by atoms with E-state index in [1.54, 1.807) is 12.3 Å². The second kappa shape index (κ2) is 4.73. The van der Waals surface area contributed by atoms with Gasteiger partial charge in [-0.1, -0.05) is 0 Å². The smallest absolute Gasteiger partial charge is 0.246 e. The number of nitrogens with zero attached hydrogens (tertiary/aromatic N) is 2. The van der Waals surface area contributed by atoms with Crippen molar-refractivity contribution in [3.63, 3.8) is 0 Å². The van der Waals surface area contributed by atoms with E-state index in [9.17, 15) is 13.6 Å². The minimum Gasteiger partial charge on any atom is -0.322 e. The summed E-state index contributed by atoms with van der Waals surface area (Å²) in [5.41, 5.74) is -0.0523. The Labute approximate surface area is 95.9 Å². The molecule has 1 N–H and O–H groups in total. The zero-order valence-corrected chi connectivity index (χ0v) is 8.73. The monoisotopic (exact) mass is 237 g/mol. The van der Waals surface area contributed by atoms with E-state index in [1.807, 2.05) is 0 Å². The summed E-state index contributed by atoms with van der Waals surface area (Å²) in [4.78, 5) is 11.5. The Morgan fingerprint density at radius 2 is 2.24 bits per heavy atom. The number of amides is 1. The van der Waals surface area contributed by atoms with Gasteiger partial charge in [0.15, 0.2) is 0 Å². The quantitative estimate of drug-likeness (QED) is 0.884. The fourth-order valence-corrected chi connectivity index (χ4v) is 1.32. The number of hydrogen-bond donors (Lipinski definition) is 1. The van der Waals surface area contributed by atoms with Crippen LogP contribution in [0, 0.1) is 11.6 Å². The normalized spacial score (nSPS) is 10.2. The molecule has 1 amide bonds. The van der Waals surface area contributed by atoms with Gasteiger partial charge in [-0.15, -0.1) is 0 Å². The summed E-state index contributed by atoms with van der Waals surface area (Å²) in [5, 5.41) is 6.17. The average molecular weight is 237 g/mol. The van der Waals surface area contributed by atoms with Crippen LogP contribution < -0.4 is 5.32 Å². The Balaban J connectivity index is 2.03. The van der Waals surface area contributed by atoms with Crippen molar-refractivity contribution < 1.29 is 13.6 Å². The summed E-state index contributed by atoms with van der Waals surface area (Å²) in [6.07, 6.45) is 3.15. The first-order chi connectivity index (χ1) is 8.15. The summed E-state index contributed by atoms with van der Waals surface area (Å²) in [5.74, 6) is -1.93. The molecule has 4 nitrogen and oxygen atoms in total. The van der Waals surface area contributed by atoms with Crippen LogP contribution in [0.4, 0.5) is 14.5 Å². The van der Waals surface area contributed by atoms with Gasteiger partial charge in [0.25, 0.3) is 0 Å². The zero-order chi connectivity index (χ0) is 12.3. The molecule has 17 heavy (non-hydrogen) atoms. The molecule has 0 saturated heterocycles. The van der Waals surface area contributed by atoms with E-state index in [0.717, 1.165) is 6.07 Å². The van der Waals surface area contributed by atoms with Crippen molar-refractivity contribution in [2.45, 2.75) is 6.54 Å². The van der Waals surface area contributed by atoms with Crippen molar-refractivity contribution in [2.24, 2.45) is 0 Å². The minimum absolute atomic E-state index is 0.0240. The first-order valence-corrected chi connectivity index (χ1v) is 4.87. The first kappa shape index (κ1) is 11.3. The van der Waals surface area contributed by atoms with E-state index < -0.39 is 17.5 Å². The van der Waals surface area contributed by atoms with Crippen LogP contribution in [0.5, 0.6) is 0 Å². The van der Waals surface area contributed by atoms with Crippen LogP contribution in [0.1, 0.15) is 0 Å². The molecule has 2 aromatic rings. The second-order valence-electron chi connectivity index (χ2n) is 3.38. The van der Waals surface area contributed by atoms with Gasteiger partial charge >= 0.3 is 0 Å². The fourth-order valence-electron chi connectivity index (χ4n) is 1.32. The van der Waals surface area contributed by atoms with Crippen LogP contribution in [0.3, 0.4) is 0 Å². The Bertz CT molecular complexity index is 526. The molecule has 0 radical (unpaired) electrons. The lowest BCUT2D eigenvalue weighted by molar-refractivity contribution is -0.116. The predicted molar refractivity (Wildman–Crippen MR) is 57.2 cm³/mol. The lowest BCUT2D eigenvalue weighted by atomic mass is 10.3. The molecule has 0 aliphatic heterocycles. The third-order valence-electron chi connectivity index (χ3n) is 2.07. The van der Waals surface area contributed by atoms with Crippen molar-refractivity contribution in [1.82, 2.24) is 9.78 Å². The molecule has 0 aliphatic carbocycles. The highest BCUT2D eigenvalue weighted by Gasteiger charge is 2.08. The SMILES string of the molecule is O=C(Cn1cccn1)Nc1ccc(F)cc1F. The molecule has 88 valence electrons. The summed E-state index contributed by atoms with van der Waals surface area (Å²) >= 11 is 0. The van der Waals surface area contributed by atoms with E-state index in [-0.39, 0.29) is 12.2 Å². The fraction of sp³-hybridized carbons (Fsp3) is 0.0909. The predicted octanol–water partition coefficient (Wildman–Crippen LogP) is 1.80. The van der Waals surface area contributed by atoms with Gasteiger partial charge in [-0.25, -0.2) is 8.78 Å². The maximum Gasteiger partial charge on any atom is 0.246 e. The largest absolute Gasteiger partial charge is 0.322 e. The van der Waals surface area contributed by atoms with E-state index in [4.69, 9.17) is 0 Å². The summed E-state index contributed by atoms with van der Waals surface area (Å²) in [6, 6.07) is 4.63. The summed E-state index contributed by atoms with van der Waals surface area (Å²) < 4.78 is 27.2. The lowest BCUT2D eigenvalue weighted by Crippen LogP contribution is -2.19. The lowest BCUT2D eigenvalue weighted by Gasteiger charge is -2.06. The van der Waals surface area contributed by atoms with Crippen LogP contribution >= 0.6 is 0 Å². The Hall–Kier alpha value is -2.24. The standard InChI is InChI=1S/C11H9F2N3O/c12-8-2-3-10(9(13)6-8)15-11(17)7-16-5-1-4-14-16/h1-6H,7H2,(H,15,17). The molecule has 0 aliphatic rings. The van der Waals surface area contributed by atoms with Gasteiger partial charge in [0.05, 0.1) is 5.69 Å². The molecule has 0 spiro atoms. The van der Waals surface area contributed by atoms with Crippen LogP contribution in [-0.2, 0) is 11.3 Å². The molecule has 0 fully saturated rings. The van der Waals surface area contributed by atoms with Crippen LogP contribution in [0.25, 0.3) is 0 Å². The van der Waals surface area contributed by atoms with Gasteiger partial charge in [-0.2, -0.15) is 5.10 Å². The number of rotatable bonds is 3. The molecule has 1 heterocycles. The highest BCUT2D eigenvalue weighted by atomic mass is 19.1. The molecule has 0 unspecified atom stereocenters. The van der Waals surface area contributed by atoms with Crippen molar-refractivity contribution in [3.05, 3.63) is 48.3 Å². The average Bonchev–Trinajstić information content (AvgIpc) is 2.75. The molecule has 0 atom stereocenters. The van der Waals surface area contributed by atoms with Crippen molar-refractivity contribution >= 4 is 11.6 Å². The highest BCUT2D eigenvalue weighted by Crippen LogP contribution is 2.14. The van der Waals surface area contributed by atoms with Gasteiger partial charge in [0.1, 0.15) is 18.2 Å². The third-order valence-corrected chi connectivity index (χ3v) is 2.07. The maximum atomic E-state index is 13.2. The number of carbonyl (C=O) groups is 1. The van der Waals surface area contributed by atoms with Crippen molar-refractivity contribution in [1.29, 1.82) is 0 Å². The highest BCUT2D eigenvalue weighted by molar-refractivity contribution is 5.90. The second-order valence-corrected chi connectivity index (χ2v) is 3.38. The summed E-state index contributed by atoms with van der Waals surface area (Å²) in [6.45, 7) is -0.0240. The molecule has 0 saturated carbocycles. The maximum absolute atomic E-state index is 13.2. The Morgan fingerprint density at radius 3 is 2.88 bits per heavy atom. The third kappa shape index (κ3) is 2.87. The number of carbonyl (C=O) groups excluding carboxylic acids is 1. The van der Waals surface area contributed by atoms with E-state index in [1.165, 1.54) is 16.9 Å². The number of halogens is 2. The van der Waals surface area contributed by atoms with E-state index in [0.29, 0.717) is 6.07 Å². The number of aromatic nitrogens is 2.